The number of anilines is 1. The van der Waals surface area contributed by atoms with Gasteiger partial charge in [-0.15, -0.1) is 0 Å². The second-order valence-corrected chi connectivity index (χ2v) is 8.74. The van der Waals surface area contributed by atoms with Crippen molar-refractivity contribution in [2.24, 2.45) is 0 Å². The predicted molar refractivity (Wildman–Crippen MR) is 105 cm³/mol. The van der Waals surface area contributed by atoms with Crippen molar-refractivity contribution in [2.45, 2.75) is 37.8 Å². The number of furan rings is 1. The zero-order valence-corrected chi connectivity index (χ0v) is 16.4. The Morgan fingerprint density at radius 2 is 2.04 bits per heavy atom. The van der Waals surface area contributed by atoms with Gasteiger partial charge in [-0.25, -0.2) is 4.98 Å². The van der Waals surface area contributed by atoms with Gasteiger partial charge in [0.1, 0.15) is 11.9 Å². The Kier molecular flexibility index (Phi) is 5.20. The molecule has 0 amide bonds. The van der Waals surface area contributed by atoms with Gasteiger partial charge in [-0.1, -0.05) is 0 Å². The predicted octanol–water partition coefficient (Wildman–Crippen LogP) is 4.23. The maximum Gasteiger partial charge on any atom is 0.204 e. The average molecular weight is 421 g/mol. The van der Waals surface area contributed by atoms with E-state index in [1.54, 1.807) is 12.3 Å². The molecule has 7 heteroatoms. The average Bonchev–Trinajstić information content (AvgIpc) is 3.10. The van der Waals surface area contributed by atoms with E-state index in [2.05, 4.69) is 42.9 Å². The molecule has 0 atom stereocenters. The van der Waals surface area contributed by atoms with Gasteiger partial charge < -0.3 is 9.73 Å². The van der Waals surface area contributed by atoms with Crippen molar-refractivity contribution in [1.29, 1.82) is 5.26 Å². The van der Waals surface area contributed by atoms with E-state index < -0.39 is 0 Å². The first kappa shape index (κ1) is 17.2. The molecule has 132 valence electrons. The Hall–Kier alpha value is -1.23. The summed E-state index contributed by atoms with van der Waals surface area (Å²) in [6, 6.07) is 5.01. The lowest BCUT2D eigenvalue weighted by Gasteiger charge is -2.39. The quantitative estimate of drug-likeness (QED) is 0.800. The third-order valence-electron chi connectivity index (χ3n) is 5.23. The molecule has 25 heavy (non-hydrogen) atoms. The molecule has 5 nitrogen and oxygen atoms in total. The molecule has 2 fully saturated rings. The molecule has 0 bridgehead atoms. The van der Waals surface area contributed by atoms with Crippen LogP contribution in [-0.4, -0.2) is 46.6 Å². The standard InChI is InChI=1S/C18H21BrN4OS/c19-17-15-9-14(10-20)24-16(15)11-21-18(17)22-12-1-3-13(4-2-12)23-5-7-25-8-6-23/h9,11-13H,1-8H2,(H,21,22). The summed E-state index contributed by atoms with van der Waals surface area (Å²) in [5, 5.41) is 13.5. The van der Waals surface area contributed by atoms with E-state index in [0.29, 0.717) is 17.4 Å². The van der Waals surface area contributed by atoms with Crippen molar-refractivity contribution in [3.63, 3.8) is 0 Å². The van der Waals surface area contributed by atoms with Crippen LogP contribution in [-0.2, 0) is 0 Å². The molecule has 4 rings (SSSR count). The van der Waals surface area contributed by atoms with Gasteiger partial charge in [0.25, 0.3) is 0 Å². The summed E-state index contributed by atoms with van der Waals surface area (Å²) in [5.41, 5.74) is 0.639. The van der Waals surface area contributed by atoms with E-state index >= 15 is 0 Å². The van der Waals surface area contributed by atoms with Gasteiger partial charge in [0, 0.05) is 48.1 Å². The number of nitriles is 1. The monoisotopic (exact) mass is 420 g/mol. The smallest absolute Gasteiger partial charge is 0.204 e. The molecule has 2 aliphatic rings. The molecule has 2 aromatic rings. The Balaban J connectivity index is 1.40. The minimum absolute atomic E-state index is 0.315. The zero-order valence-electron chi connectivity index (χ0n) is 14.0. The van der Waals surface area contributed by atoms with E-state index in [1.165, 1.54) is 50.3 Å². The van der Waals surface area contributed by atoms with Crippen molar-refractivity contribution in [3.05, 3.63) is 22.5 Å². The lowest BCUT2D eigenvalue weighted by Crippen LogP contribution is -2.44. The van der Waals surface area contributed by atoms with Crippen LogP contribution < -0.4 is 5.32 Å². The van der Waals surface area contributed by atoms with Crippen LogP contribution in [0.3, 0.4) is 0 Å². The lowest BCUT2D eigenvalue weighted by atomic mass is 9.90. The third kappa shape index (κ3) is 3.67. The van der Waals surface area contributed by atoms with Gasteiger partial charge in [-0.2, -0.15) is 17.0 Å². The summed E-state index contributed by atoms with van der Waals surface area (Å²) < 4.78 is 6.32. The summed E-state index contributed by atoms with van der Waals surface area (Å²) in [6.45, 7) is 2.50. The fourth-order valence-corrected chi connectivity index (χ4v) is 5.31. The van der Waals surface area contributed by atoms with Gasteiger partial charge >= 0.3 is 0 Å². The van der Waals surface area contributed by atoms with E-state index in [9.17, 15) is 0 Å². The molecule has 0 unspecified atom stereocenters. The Morgan fingerprint density at radius 1 is 1.28 bits per heavy atom. The number of rotatable bonds is 3. The van der Waals surface area contributed by atoms with Gasteiger partial charge in [-0.3, -0.25) is 4.90 Å². The summed E-state index contributed by atoms with van der Waals surface area (Å²) >= 11 is 5.70. The van der Waals surface area contributed by atoms with Crippen LogP contribution in [0.5, 0.6) is 0 Å². The molecular weight excluding hydrogens is 400 g/mol. The van der Waals surface area contributed by atoms with Crippen LogP contribution in [0.25, 0.3) is 11.0 Å². The summed E-state index contributed by atoms with van der Waals surface area (Å²) in [7, 11) is 0. The third-order valence-corrected chi connectivity index (χ3v) is 6.97. The maximum absolute atomic E-state index is 8.99. The van der Waals surface area contributed by atoms with Crippen molar-refractivity contribution < 1.29 is 4.42 Å². The van der Waals surface area contributed by atoms with Crippen LogP contribution >= 0.6 is 27.7 Å². The van der Waals surface area contributed by atoms with E-state index in [0.717, 1.165) is 21.7 Å². The van der Waals surface area contributed by atoms with E-state index in [-0.39, 0.29) is 0 Å². The highest BCUT2D eigenvalue weighted by atomic mass is 79.9. The molecule has 0 radical (unpaired) electrons. The molecule has 0 spiro atoms. The molecule has 0 aromatic carbocycles. The highest BCUT2D eigenvalue weighted by Gasteiger charge is 2.27. The first-order valence-electron chi connectivity index (χ1n) is 8.81. The number of fused-ring (bicyclic) bond motifs is 1. The van der Waals surface area contributed by atoms with E-state index in [1.807, 2.05) is 6.07 Å². The number of nitrogens with zero attached hydrogens (tertiary/aromatic N) is 3. The summed E-state index contributed by atoms with van der Waals surface area (Å²) in [4.78, 5) is 7.17. The number of aromatic nitrogens is 1. The Morgan fingerprint density at radius 3 is 2.76 bits per heavy atom. The fraction of sp³-hybridized carbons (Fsp3) is 0.556. The van der Waals surface area contributed by atoms with Crippen molar-refractivity contribution >= 4 is 44.5 Å². The molecular formula is C18H21BrN4OS. The van der Waals surface area contributed by atoms with Crippen LogP contribution in [0, 0.1) is 11.3 Å². The maximum atomic E-state index is 8.99. The first-order valence-corrected chi connectivity index (χ1v) is 10.8. The van der Waals surface area contributed by atoms with Gasteiger partial charge in [0.15, 0.2) is 5.58 Å². The van der Waals surface area contributed by atoms with Gasteiger partial charge in [-0.05, 0) is 41.6 Å². The summed E-state index contributed by atoms with van der Waals surface area (Å²) in [5.74, 6) is 3.72. The molecule has 1 aliphatic heterocycles. The lowest BCUT2D eigenvalue weighted by molar-refractivity contribution is 0.166. The molecule has 1 aliphatic carbocycles. The SMILES string of the molecule is N#Cc1cc2c(Br)c(NC3CCC(N4CCSCC4)CC3)ncc2o1. The second-order valence-electron chi connectivity index (χ2n) is 6.72. The zero-order chi connectivity index (χ0) is 17.2. The minimum Gasteiger partial charge on any atom is -0.444 e. The normalized spacial score (nSPS) is 25.0. The number of hydrogen-bond acceptors (Lipinski definition) is 6. The second kappa shape index (κ2) is 7.56. The van der Waals surface area contributed by atoms with Crippen LogP contribution in [0.1, 0.15) is 31.4 Å². The minimum atomic E-state index is 0.315. The van der Waals surface area contributed by atoms with E-state index in [4.69, 9.17) is 9.68 Å². The summed E-state index contributed by atoms with van der Waals surface area (Å²) in [6.07, 6.45) is 6.56. The number of nitrogens with one attached hydrogen (secondary N) is 1. The number of halogens is 1. The van der Waals surface area contributed by atoms with Crippen molar-refractivity contribution in [3.8, 4) is 6.07 Å². The van der Waals surface area contributed by atoms with Gasteiger partial charge in [0.05, 0.1) is 10.7 Å². The molecule has 2 aromatic heterocycles. The largest absolute Gasteiger partial charge is 0.444 e. The number of pyridine rings is 1. The van der Waals surface area contributed by atoms with Crippen LogP contribution in [0.4, 0.5) is 5.82 Å². The highest BCUT2D eigenvalue weighted by molar-refractivity contribution is 9.10. The van der Waals surface area contributed by atoms with Crippen molar-refractivity contribution in [2.75, 3.05) is 29.9 Å². The first-order chi connectivity index (χ1) is 12.2. The fourth-order valence-electron chi connectivity index (χ4n) is 3.86. The topological polar surface area (TPSA) is 65.1 Å². The highest BCUT2D eigenvalue weighted by Crippen LogP contribution is 2.34. The van der Waals surface area contributed by atoms with Crippen molar-refractivity contribution in [1.82, 2.24) is 9.88 Å². The molecule has 1 saturated heterocycles. The number of thioether (sulfide) groups is 1. The molecule has 1 N–H and O–H groups in total. The van der Waals surface area contributed by atoms with Gasteiger partial charge in [0.2, 0.25) is 5.76 Å². The number of hydrogen-bond donors (Lipinski definition) is 1. The molecule has 1 saturated carbocycles. The van der Waals surface area contributed by atoms with Crippen LogP contribution in [0.15, 0.2) is 21.2 Å². The Labute approximate surface area is 160 Å². The molecule has 3 heterocycles. The van der Waals surface area contributed by atoms with Crippen LogP contribution in [0.2, 0.25) is 0 Å². The Bertz CT molecular complexity index is 788.